The van der Waals surface area contributed by atoms with E-state index in [-0.39, 0.29) is 5.69 Å². The van der Waals surface area contributed by atoms with Crippen molar-refractivity contribution in [1.82, 2.24) is 4.90 Å². The van der Waals surface area contributed by atoms with Gasteiger partial charge in [-0.1, -0.05) is 6.07 Å². The number of carbonyl (C=O) groups excluding carboxylic acids is 2. The number of halogens is 4. The van der Waals surface area contributed by atoms with Gasteiger partial charge in [0, 0.05) is 12.7 Å². The van der Waals surface area contributed by atoms with Gasteiger partial charge in [-0.2, -0.15) is 13.2 Å². The zero-order valence-electron chi connectivity index (χ0n) is 12.4. The zero-order chi connectivity index (χ0) is 17.8. The summed E-state index contributed by atoms with van der Waals surface area (Å²) in [6, 6.07) is 5.00. The third-order valence-corrected chi connectivity index (χ3v) is 3.02. The summed E-state index contributed by atoms with van der Waals surface area (Å²) in [4.78, 5) is 24.1. The summed E-state index contributed by atoms with van der Waals surface area (Å²) in [6.45, 7) is -0.0607. The third-order valence-electron chi connectivity index (χ3n) is 3.02. The minimum absolute atomic E-state index is 0.151. The van der Waals surface area contributed by atoms with Crippen molar-refractivity contribution < 1.29 is 32.3 Å². The maximum atomic E-state index is 13.0. The lowest BCUT2D eigenvalue weighted by Crippen LogP contribution is -2.47. The van der Waals surface area contributed by atoms with Crippen molar-refractivity contribution >= 4 is 17.5 Å². The molecular formula is C14H16F4N2O3. The van der Waals surface area contributed by atoms with Crippen molar-refractivity contribution in [2.45, 2.75) is 25.1 Å². The number of nitrogens with one attached hydrogen (secondary N) is 1. The maximum Gasteiger partial charge on any atom is 0.417 e. The number of anilines is 1. The van der Waals surface area contributed by atoms with Crippen LogP contribution in [0.2, 0.25) is 0 Å². The molecule has 0 heterocycles. The summed E-state index contributed by atoms with van der Waals surface area (Å²) in [6.07, 6.45) is -6.17. The molecule has 0 aliphatic carbocycles. The first-order chi connectivity index (χ1) is 10.4. The topological polar surface area (TPSA) is 69.6 Å². The predicted molar refractivity (Wildman–Crippen MR) is 74.0 cm³/mol. The van der Waals surface area contributed by atoms with Gasteiger partial charge >= 0.3 is 6.18 Å². The minimum Gasteiger partial charge on any atom is -0.380 e. The van der Waals surface area contributed by atoms with Gasteiger partial charge in [0.05, 0.1) is 13.0 Å². The average Bonchev–Trinajstić information content (AvgIpc) is 2.36. The van der Waals surface area contributed by atoms with E-state index >= 15 is 0 Å². The second-order valence-corrected chi connectivity index (χ2v) is 5.26. The number of rotatable bonds is 5. The molecule has 0 spiro atoms. The van der Waals surface area contributed by atoms with E-state index in [1.54, 1.807) is 0 Å². The van der Waals surface area contributed by atoms with Crippen molar-refractivity contribution in [1.29, 1.82) is 0 Å². The fourth-order valence-corrected chi connectivity index (χ4v) is 1.60. The summed E-state index contributed by atoms with van der Waals surface area (Å²) in [5.74, 6) is -2.34. The number of carbonyl (C=O) groups is 2. The number of nitrogens with zero attached hydrogens (tertiary/aromatic N) is 1. The van der Waals surface area contributed by atoms with Gasteiger partial charge in [0.2, 0.25) is 11.8 Å². The second-order valence-electron chi connectivity index (χ2n) is 5.26. The Hall–Kier alpha value is -2.16. The Labute approximate surface area is 129 Å². The lowest BCUT2D eigenvalue weighted by molar-refractivity contribution is -0.254. The van der Waals surface area contributed by atoms with E-state index in [4.69, 9.17) is 0 Å². The lowest BCUT2D eigenvalue weighted by atomic mass is 10.0. The fraction of sp³-hybridized carbons (Fsp3) is 0.429. The highest BCUT2D eigenvalue weighted by Gasteiger charge is 2.51. The Morgan fingerprint density at radius 2 is 1.91 bits per heavy atom. The van der Waals surface area contributed by atoms with Crippen LogP contribution in [0, 0.1) is 5.82 Å². The molecule has 0 saturated carbocycles. The molecule has 0 aromatic heterocycles. The van der Waals surface area contributed by atoms with Crippen LogP contribution >= 0.6 is 0 Å². The number of hydrogen-bond donors (Lipinski definition) is 2. The van der Waals surface area contributed by atoms with Gasteiger partial charge in [0.25, 0.3) is 0 Å². The molecular weight excluding hydrogens is 320 g/mol. The molecule has 1 atom stereocenters. The summed E-state index contributed by atoms with van der Waals surface area (Å²) < 4.78 is 50.5. The van der Waals surface area contributed by atoms with Gasteiger partial charge in [-0.05, 0) is 25.1 Å². The molecule has 23 heavy (non-hydrogen) atoms. The molecule has 0 aliphatic rings. The van der Waals surface area contributed by atoms with Crippen LogP contribution in [-0.2, 0) is 9.59 Å². The number of hydrogen-bond acceptors (Lipinski definition) is 3. The highest BCUT2D eigenvalue weighted by Crippen LogP contribution is 2.32. The Morgan fingerprint density at radius 3 is 2.43 bits per heavy atom. The molecule has 1 rings (SSSR count). The molecule has 1 aromatic carbocycles. The normalized spacial score (nSPS) is 14.0. The van der Waals surface area contributed by atoms with Crippen molar-refractivity contribution in [2.75, 3.05) is 18.9 Å². The summed E-state index contributed by atoms with van der Waals surface area (Å²) >= 11 is 0. The monoisotopic (exact) mass is 336 g/mol. The fourth-order valence-electron chi connectivity index (χ4n) is 1.60. The summed E-state index contributed by atoms with van der Waals surface area (Å²) in [7, 11) is 1.12. The molecule has 0 saturated heterocycles. The van der Waals surface area contributed by atoms with Crippen LogP contribution in [0.25, 0.3) is 0 Å². The summed E-state index contributed by atoms with van der Waals surface area (Å²) in [5, 5.41) is 11.6. The average molecular weight is 336 g/mol. The highest BCUT2D eigenvalue weighted by molar-refractivity contribution is 5.94. The Balaban J connectivity index is 2.60. The number of aliphatic hydroxyl groups is 1. The molecule has 5 nitrogen and oxygen atoms in total. The number of alkyl halides is 3. The van der Waals surface area contributed by atoms with Crippen LogP contribution in [-0.4, -0.2) is 47.2 Å². The SMILES string of the molecule is CN(CC(=O)Nc1cccc(F)c1)C(=O)C[C@@](C)(O)C(F)(F)F. The first kappa shape index (κ1) is 18.9. The molecule has 0 unspecified atom stereocenters. The first-order valence-electron chi connectivity index (χ1n) is 6.51. The first-order valence-corrected chi connectivity index (χ1v) is 6.51. The van der Waals surface area contributed by atoms with E-state index in [1.165, 1.54) is 18.2 Å². The van der Waals surface area contributed by atoms with E-state index in [9.17, 15) is 32.3 Å². The van der Waals surface area contributed by atoms with Gasteiger partial charge in [-0.3, -0.25) is 9.59 Å². The van der Waals surface area contributed by atoms with Crippen LogP contribution in [0.1, 0.15) is 13.3 Å². The van der Waals surface area contributed by atoms with Gasteiger partial charge in [0.15, 0.2) is 5.60 Å². The van der Waals surface area contributed by atoms with E-state index < -0.39 is 42.4 Å². The van der Waals surface area contributed by atoms with Crippen molar-refractivity contribution in [3.8, 4) is 0 Å². The third kappa shape index (κ3) is 5.51. The number of amides is 2. The van der Waals surface area contributed by atoms with E-state index in [0.29, 0.717) is 6.92 Å². The number of benzene rings is 1. The van der Waals surface area contributed by atoms with Gasteiger partial charge in [-0.15, -0.1) is 0 Å². The quantitative estimate of drug-likeness (QED) is 0.807. The molecule has 128 valence electrons. The van der Waals surface area contributed by atoms with Crippen molar-refractivity contribution in [3.63, 3.8) is 0 Å². The van der Waals surface area contributed by atoms with E-state index in [1.807, 2.05) is 0 Å². The number of likely N-dealkylation sites (N-methyl/N-ethyl adjacent to an activating group) is 1. The molecule has 1 aromatic rings. The molecule has 0 aliphatic heterocycles. The molecule has 0 radical (unpaired) electrons. The smallest absolute Gasteiger partial charge is 0.380 e. The molecule has 2 amide bonds. The Morgan fingerprint density at radius 1 is 1.30 bits per heavy atom. The molecule has 0 bridgehead atoms. The Bertz CT molecular complexity index is 588. The van der Waals surface area contributed by atoms with Gasteiger partial charge in [0.1, 0.15) is 5.82 Å². The van der Waals surface area contributed by atoms with Crippen LogP contribution in [0.4, 0.5) is 23.2 Å². The van der Waals surface area contributed by atoms with Crippen LogP contribution in [0.3, 0.4) is 0 Å². The molecule has 0 fully saturated rings. The van der Waals surface area contributed by atoms with Crippen molar-refractivity contribution in [2.24, 2.45) is 0 Å². The molecule has 2 N–H and O–H groups in total. The van der Waals surface area contributed by atoms with Crippen LogP contribution < -0.4 is 5.32 Å². The largest absolute Gasteiger partial charge is 0.417 e. The van der Waals surface area contributed by atoms with E-state index in [2.05, 4.69) is 5.32 Å². The standard InChI is InChI=1S/C14H16F4N2O3/c1-13(23,14(16,17)18)7-12(22)20(2)8-11(21)19-10-5-3-4-9(15)6-10/h3-6,23H,7-8H2,1-2H3,(H,19,21)/t13-/m1/s1. The lowest BCUT2D eigenvalue weighted by Gasteiger charge is -2.27. The van der Waals surface area contributed by atoms with Gasteiger partial charge < -0.3 is 15.3 Å². The van der Waals surface area contributed by atoms with Crippen molar-refractivity contribution in [3.05, 3.63) is 30.1 Å². The predicted octanol–water partition coefficient (Wildman–Crippen LogP) is 1.93. The van der Waals surface area contributed by atoms with E-state index in [0.717, 1.165) is 18.0 Å². The minimum atomic E-state index is -4.96. The Kier molecular flexibility index (Phi) is 5.70. The highest BCUT2D eigenvalue weighted by atomic mass is 19.4. The second kappa shape index (κ2) is 6.95. The van der Waals surface area contributed by atoms with Crippen LogP contribution in [0.5, 0.6) is 0 Å². The maximum absolute atomic E-state index is 13.0. The van der Waals surface area contributed by atoms with Gasteiger partial charge in [-0.25, -0.2) is 4.39 Å². The summed E-state index contributed by atoms with van der Waals surface area (Å²) in [5.41, 5.74) is -3.03. The zero-order valence-corrected chi connectivity index (χ0v) is 12.4. The molecule has 9 heteroatoms. The van der Waals surface area contributed by atoms with Crippen LogP contribution in [0.15, 0.2) is 24.3 Å².